The van der Waals surface area contributed by atoms with E-state index in [0.29, 0.717) is 5.02 Å². The molecule has 1 saturated heterocycles. The van der Waals surface area contributed by atoms with E-state index in [-0.39, 0.29) is 18.4 Å². The second-order valence-corrected chi connectivity index (χ2v) is 9.09. The molecular formula is C25H30ClN3O3. The number of carbonyl (C=O) groups excluding carboxylic acids is 2. The van der Waals surface area contributed by atoms with Gasteiger partial charge in [0, 0.05) is 36.5 Å². The highest BCUT2D eigenvalue weighted by molar-refractivity contribution is 6.30. The van der Waals surface area contributed by atoms with E-state index in [9.17, 15) is 9.59 Å². The summed E-state index contributed by atoms with van der Waals surface area (Å²) in [6, 6.07) is 15.3. The fourth-order valence-electron chi connectivity index (χ4n) is 4.80. The Morgan fingerprint density at radius 1 is 1.03 bits per heavy atom. The Labute approximate surface area is 194 Å². The van der Waals surface area contributed by atoms with Gasteiger partial charge in [-0.15, -0.1) is 0 Å². The maximum atomic E-state index is 13.5. The van der Waals surface area contributed by atoms with Crippen LogP contribution in [0.25, 0.3) is 0 Å². The Morgan fingerprint density at radius 3 is 2.28 bits per heavy atom. The van der Waals surface area contributed by atoms with Crippen molar-refractivity contribution in [3.63, 3.8) is 0 Å². The lowest BCUT2D eigenvalue weighted by molar-refractivity contribution is -0.138. The standard InChI is InChI=1S/C25H30ClN3O3/c1-28(24(31)25(12-2-3-13-25)19-4-6-20(26)7-5-19)18-23(30)27-21-8-10-22(11-9-21)29-14-16-32-17-15-29/h4-11H,2-3,12-18H2,1H3,(H,27,30). The van der Waals surface area contributed by atoms with Crippen LogP contribution >= 0.6 is 11.6 Å². The van der Waals surface area contributed by atoms with E-state index in [4.69, 9.17) is 16.3 Å². The van der Waals surface area contributed by atoms with Crippen molar-refractivity contribution in [1.82, 2.24) is 4.90 Å². The Kier molecular flexibility index (Phi) is 7.01. The van der Waals surface area contributed by atoms with E-state index in [1.54, 1.807) is 11.9 Å². The van der Waals surface area contributed by atoms with E-state index in [2.05, 4.69) is 10.2 Å². The van der Waals surface area contributed by atoms with Crippen molar-refractivity contribution in [2.45, 2.75) is 31.1 Å². The van der Waals surface area contributed by atoms with E-state index in [1.165, 1.54) is 0 Å². The van der Waals surface area contributed by atoms with Crippen LogP contribution in [0.1, 0.15) is 31.2 Å². The molecule has 0 aromatic heterocycles. The molecule has 1 aliphatic heterocycles. The maximum Gasteiger partial charge on any atom is 0.243 e. The molecule has 1 heterocycles. The van der Waals surface area contributed by atoms with Gasteiger partial charge in [0.2, 0.25) is 11.8 Å². The van der Waals surface area contributed by atoms with Crippen LogP contribution < -0.4 is 10.2 Å². The van der Waals surface area contributed by atoms with Crippen LogP contribution in [-0.4, -0.2) is 56.6 Å². The molecule has 1 aliphatic carbocycles. The lowest BCUT2D eigenvalue weighted by Gasteiger charge is -2.32. The molecular weight excluding hydrogens is 426 g/mol. The second kappa shape index (κ2) is 9.92. The van der Waals surface area contributed by atoms with Crippen molar-refractivity contribution in [1.29, 1.82) is 0 Å². The van der Waals surface area contributed by atoms with Gasteiger partial charge in [-0.3, -0.25) is 9.59 Å². The first kappa shape index (κ1) is 22.6. The van der Waals surface area contributed by atoms with Crippen LogP contribution in [0.15, 0.2) is 48.5 Å². The number of hydrogen-bond acceptors (Lipinski definition) is 4. The highest BCUT2D eigenvalue weighted by atomic mass is 35.5. The maximum absolute atomic E-state index is 13.5. The first-order chi connectivity index (χ1) is 15.5. The highest BCUT2D eigenvalue weighted by Crippen LogP contribution is 2.42. The summed E-state index contributed by atoms with van der Waals surface area (Å²) < 4.78 is 5.39. The smallest absolute Gasteiger partial charge is 0.243 e. The first-order valence-electron chi connectivity index (χ1n) is 11.2. The van der Waals surface area contributed by atoms with Crippen molar-refractivity contribution in [3.8, 4) is 0 Å². The summed E-state index contributed by atoms with van der Waals surface area (Å²) in [5, 5.41) is 3.57. The van der Waals surface area contributed by atoms with Crippen LogP contribution in [0.4, 0.5) is 11.4 Å². The van der Waals surface area contributed by atoms with E-state index < -0.39 is 5.41 Å². The number of rotatable bonds is 6. The van der Waals surface area contributed by atoms with Crippen molar-refractivity contribution in [3.05, 3.63) is 59.1 Å². The molecule has 32 heavy (non-hydrogen) atoms. The van der Waals surface area contributed by atoms with Crippen molar-refractivity contribution < 1.29 is 14.3 Å². The molecule has 0 unspecified atom stereocenters. The largest absolute Gasteiger partial charge is 0.378 e. The third kappa shape index (κ3) is 4.92. The third-order valence-corrected chi connectivity index (χ3v) is 6.77. The van der Waals surface area contributed by atoms with Crippen molar-refractivity contribution >= 4 is 34.8 Å². The minimum atomic E-state index is -0.570. The lowest BCUT2D eigenvalue weighted by Crippen LogP contribution is -2.46. The number of likely N-dealkylation sites (N-methyl/N-ethyl adjacent to an activating group) is 1. The SMILES string of the molecule is CN(CC(=O)Nc1ccc(N2CCOCC2)cc1)C(=O)C1(c2ccc(Cl)cc2)CCCC1. The number of anilines is 2. The number of amides is 2. The van der Waals surface area contributed by atoms with Crippen LogP contribution in [-0.2, 0) is 19.7 Å². The topological polar surface area (TPSA) is 61.9 Å². The number of nitrogens with one attached hydrogen (secondary N) is 1. The molecule has 2 amide bonds. The molecule has 2 aromatic rings. The first-order valence-corrected chi connectivity index (χ1v) is 11.6. The summed E-state index contributed by atoms with van der Waals surface area (Å²) in [6.07, 6.45) is 3.60. The third-order valence-electron chi connectivity index (χ3n) is 6.52. The van der Waals surface area contributed by atoms with Gasteiger partial charge in [0.05, 0.1) is 25.2 Å². The summed E-state index contributed by atoms with van der Waals surface area (Å²) in [5.41, 5.74) is 2.25. The van der Waals surface area contributed by atoms with Gasteiger partial charge < -0.3 is 19.9 Å². The van der Waals surface area contributed by atoms with Crippen LogP contribution in [0.5, 0.6) is 0 Å². The Hall–Kier alpha value is -2.57. The minimum absolute atomic E-state index is 0.00450. The lowest BCUT2D eigenvalue weighted by atomic mass is 9.77. The zero-order chi connectivity index (χ0) is 22.6. The van der Waals surface area contributed by atoms with Gasteiger partial charge >= 0.3 is 0 Å². The summed E-state index contributed by atoms with van der Waals surface area (Å²) in [5.74, 6) is -0.209. The average Bonchev–Trinajstić information content (AvgIpc) is 3.31. The zero-order valence-corrected chi connectivity index (χ0v) is 19.2. The number of carbonyl (C=O) groups is 2. The molecule has 4 rings (SSSR count). The predicted octanol–water partition coefficient (Wildman–Crippen LogP) is 4.09. The van der Waals surface area contributed by atoms with Gasteiger partial charge in [0.1, 0.15) is 0 Å². The Balaban J connectivity index is 1.38. The molecule has 0 atom stereocenters. The molecule has 1 N–H and O–H groups in total. The number of halogens is 1. The van der Waals surface area contributed by atoms with Crippen LogP contribution in [0.3, 0.4) is 0 Å². The molecule has 0 radical (unpaired) electrons. The van der Waals surface area contributed by atoms with Gasteiger partial charge in [-0.25, -0.2) is 0 Å². The fraction of sp³-hybridized carbons (Fsp3) is 0.440. The van der Waals surface area contributed by atoms with Gasteiger partial charge in [0.15, 0.2) is 0 Å². The highest BCUT2D eigenvalue weighted by Gasteiger charge is 2.44. The molecule has 2 fully saturated rings. The molecule has 0 bridgehead atoms. The quantitative estimate of drug-likeness (QED) is 0.712. The van der Waals surface area contributed by atoms with Gasteiger partial charge in [-0.2, -0.15) is 0 Å². The Morgan fingerprint density at radius 2 is 1.66 bits per heavy atom. The van der Waals surface area contributed by atoms with E-state index in [0.717, 1.165) is 68.9 Å². The van der Waals surface area contributed by atoms with E-state index >= 15 is 0 Å². The second-order valence-electron chi connectivity index (χ2n) is 8.65. The molecule has 0 spiro atoms. The zero-order valence-electron chi connectivity index (χ0n) is 18.5. The summed E-state index contributed by atoms with van der Waals surface area (Å²) >= 11 is 6.05. The predicted molar refractivity (Wildman–Crippen MR) is 127 cm³/mol. The van der Waals surface area contributed by atoms with E-state index in [1.807, 2.05) is 48.5 Å². The number of benzene rings is 2. The van der Waals surface area contributed by atoms with Gasteiger partial charge in [-0.1, -0.05) is 36.6 Å². The molecule has 170 valence electrons. The number of nitrogens with zero attached hydrogens (tertiary/aromatic N) is 2. The van der Waals surface area contributed by atoms with Gasteiger partial charge in [-0.05, 0) is 54.8 Å². The van der Waals surface area contributed by atoms with Crippen LogP contribution in [0.2, 0.25) is 5.02 Å². The van der Waals surface area contributed by atoms with Gasteiger partial charge in [0.25, 0.3) is 0 Å². The summed E-state index contributed by atoms with van der Waals surface area (Å²) in [4.78, 5) is 29.9. The summed E-state index contributed by atoms with van der Waals surface area (Å²) in [6.45, 7) is 3.22. The summed E-state index contributed by atoms with van der Waals surface area (Å²) in [7, 11) is 1.71. The molecule has 2 aliphatic rings. The number of ether oxygens (including phenoxy) is 1. The van der Waals surface area contributed by atoms with Crippen molar-refractivity contribution in [2.24, 2.45) is 0 Å². The molecule has 6 nitrogen and oxygen atoms in total. The number of hydrogen-bond donors (Lipinski definition) is 1. The molecule has 2 aromatic carbocycles. The number of morpholine rings is 1. The minimum Gasteiger partial charge on any atom is -0.378 e. The molecule has 1 saturated carbocycles. The van der Waals surface area contributed by atoms with Crippen LogP contribution in [0, 0.1) is 0 Å². The molecule has 7 heteroatoms. The normalized spacial score (nSPS) is 17.8. The van der Waals surface area contributed by atoms with Crippen molar-refractivity contribution in [2.75, 3.05) is 50.1 Å². The fourth-order valence-corrected chi connectivity index (χ4v) is 4.93. The Bertz CT molecular complexity index is 934. The average molecular weight is 456 g/mol. The monoisotopic (exact) mass is 455 g/mol.